The van der Waals surface area contributed by atoms with Crippen LogP contribution in [0.5, 0.6) is 0 Å². The lowest BCUT2D eigenvalue weighted by atomic mass is 9.96. The fraction of sp³-hybridized carbons (Fsp3) is 0.875. The SMILES string of the molecule is CCNCC1CCN(C(=O)CCCC(=O)NC(C)C)CC1. The number of amides is 2. The van der Waals surface area contributed by atoms with Crippen molar-refractivity contribution < 1.29 is 9.59 Å². The van der Waals surface area contributed by atoms with Crippen molar-refractivity contribution in [2.45, 2.75) is 58.9 Å². The Bertz CT molecular complexity index is 323. The van der Waals surface area contributed by atoms with Gasteiger partial charge in [-0.15, -0.1) is 0 Å². The van der Waals surface area contributed by atoms with Crippen molar-refractivity contribution in [3.8, 4) is 0 Å². The van der Waals surface area contributed by atoms with Gasteiger partial charge in [0.15, 0.2) is 0 Å². The molecule has 1 aliphatic rings. The molecule has 1 rings (SSSR count). The van der Waals surface area contributed by atoms with Crippen LogP contribution in [0.15, 0.2) is 0 Å². The van der Waals surface area contributed by atoms with Crippen molar-refractivity contribution in [3.05, 3.63) is 0 Å². The molecule has 0 aromatic rings. The molecule has 0 aromatic heterocycles. The Kier molecular flexibility index (Phi) is 8.35. The van der Waals surface area contributed by atoms with E-state index in [0.29, 0.717) is 25.2 Å². The van der Waals surface area contributed by atoms with Gasteiger partial charge < -0.3 is 15.5 Å². The Labute approximate surface area is 128 Å². The molecule has 0 saturated carbocycles. The summed E-state index contributed by atoms with van der Waals surface area (Å²) in [5.74, 6) is 0.946. The van der Waals surface area contributed by atoms with Gasteiger partial charge >= 0.3 is 0 Å². The molecule has 0 spiro atoms. The minimum absolute atomic E-state index is 0.0437. The fourth-order valence-corrected chi connectivity index (χ4v) is 2.69. The molecule has 21 heavy (non-hydrogen) atoms. The number of likely N-dealkylation sites (tertiary alicyclic amines) is 1. The second-order valence-corrected chi connectivity index (χ2v) is 6.21. The number of nitrogens with zero attached hydrogens (tertiary/aromatic N) is 1. The first kappa shape index (κ1) is 18.0. The molecule has 5 nitrogen and oxygen atoms in total. The van der Waals surface area contributed by atoms with Crippen molar-refractivity contribution in [2.24, 2.45) is 5.92 Å². The van der Waals surface area contributed by atoms with Gasteiger partial charge in [0.2, 0.25) is 11.8 Å². The van der Waals surface area contributed by atoms with E-state index in [0.717, 1.165) is 39.0 Å². The highest BCUT2D eigenvalue weighted by Gasteiger charge is 2.22. The lowest BCUT2D eigenvalue weighted by Crippen LogP contribution is -2.40. The van der Waals surface area contributed by atoms with Gasteiger partial charge in [-0.3, -0.25) is 9.59 Å². The van der Waals surface area contributed by atoms with Crippen LogP contribution in [0.1, 0.15) is 52.9 Å². The first-order chi connectivity index (χ1) is 10.0. The summed E-state index contributed by atoms with van der Waals surface area (Å²) in [5, 5.41) is 6.23. The highest BCUT2D eigenvalue weighted by atomic mass is 16.2. The smallest absolute Gasteiger partial charge is 0.222 e. The first-order valence-corrected chi connectivity index (χ1v) is 8.30. The number of rotatable bonds is 8. The zero-order chi connectivity index (χ0) is 15.7. The molecule has 0 aliphatic carbocycles. The average Bonchev–Trinajstić information content (AvgIpc) is 2.44. The Morgan fingerprint density at radius 2 is 1.86 bits per heavy atom. The van der Waals surface area contributed by atoms with Gasteiger partial charge in [-0.2, -0.15) is 0 Å². The van der Waals surface area contributed by atoms with Crippen LogP contribution in [-0.4, -0.2) is 48.9 Å². The number of piperidine rings is 1. The van der Waals surface area contributed by atoms with Gasteiger partial charge in [-0.05, 0) is 52.1 Å². The Hall–Kier alpha value is -1.10. The van der Waals surface area contributed by atoms with E-state index >= 15 is 0 Å². The summed E-state index contributed by atoms with van der Waals surface area (Å²) in [6.45, 7) is 9.82. The van der Waals surface area contributed by atoms with Gasteiger partial charge in [-0.1, -0.05) is 6.92 Å². The standard InChI is InChI=1S/C16H31N3O2/c1-4-17-12-14-8-10-19(11-9-14)16(21)7-5-6-15(20)18-13(2)3/h13-14,17H,4-12H2,1-3H3,(H,18,20). The molecule has 1 fully saturated rings. The molecule has 0 bridgehead atoms. The van der Waals surface area contributed by atoms with E-state index in [2.05, 4.69) is 17.6 Å². The van der Waals surface area contributed by atoms with Crippen molar-refractivity contribution in [1.29, 1.82) is 0 Å². The van der Waals surface area contributed by atoms with Crippen molar-refractivity contribution >= 4 is 11.8 Å². The van der Waals surface area contributed by atoms with E-state index in [9.17, 15) is 9.59 Å². The number of hydrogen-bond acceptors (Lipinski definition) is 3. The summed E-state index contributed by atoms with van der Waals surface area (Å²) in [7, 11) is 0. The summed E-state index contributed by atoms with van der Waals surface area (Å²) in [5.41, 5.74) is 0. The number of hydrogen-bond donors (Lipinski definition) is 2. The van der Waals surface area contributed by atoms with Crippen molar-refractivity contribution in [2.75, 3.05) is 26.2 Å². The molecule has 1 aliphatic heterocycles. The predicted octanol–water partition coefficient (Wildman–Crippen LogP) is 1.53. The quantitative estimate of drug-likeness (QED) is 0.714. The molecule has 0 atom stereocenters. The molecule has 5 heteroatoms. The molecule has 1 saturated heterocycles. The van der Waals surface area contributed by atoms with E-state index in [1.165, 1.54) is 0 Å². The summed E-state index contributed by atoms with van der Waals surface area (Å²) < 4.78 is 0. The van der Waals surface area contributed by atoms with Gasteiger partial charge in [0.1, 0.15) is 0 Å². The highest BCUT2D eigenvalue weighted by molar-refractivity contribution is 5.79. The molecule has 1 heterocycles. The summed E-state index contributed by atoms with van der Waals surface area (Å²) >= 11 is 0. The largest absolute Gasteiger partial charge is 0.354 e. The zero-order valence-corrected chi connectivity index (χ0v) is 13.8. The summed E-state index contributed by atoms with van der Waals surface area (Å²) in [6.07, 6.45) is 3.76. The number of nitrogens with one attached hydrogen (secondary N) is 2. The molecule has 2 amide bonds. The fourth-order valence-electron chi connectivity index (χ4n) is 2.69. The molecule has 0 unspecified atom stereocenters. The Morgan fingerprint density at radius 1 is 1.19 bits per heavy atom. The van der Waals surface area contributed by atoms with Gasteiger partial charge in [0.25, 0.3) is 0 Å². The van der Waals surface area contributed by atoms with Crippen LogP contribution >= 0.6 is 0 Å². The van der Waals surface area contributed by atoms with Gasteiger partial charge in [0.05, 0.1) is 0 Å². The molecule has 0 radical (unpaired) electrons. The van der Waals surface area contributed by atoms with Crippen LogP contribution in [0.4, 0.5) is 0 Å². The maximum atomic E-state index is 12.1. The lowest BCUT2D eigenvalue weighted by Gasteiger charge is -2.32. The number of carbonyl (C=O) groups excluding carboxylic acids is 2. The Morgan fingerprint density at radius 3 is 2.43 bits per heavy atom. The lowest BCUT2D eigenvalue weighted by molar-refractivity contribution is -0.132. The second kappa shape index (κ2) is 9.77. The van der Waals surface area contributed by atoms with Crippen LogP contribution in [-0.2, 0) is 9.59 Å². The van der Waals surface area contributed by atoms with Crippen LogP contribution < -0.4 is 10.6 Å². The monoisotopic (exact) mass is 297 g/mol. The minimum Gasteiger partial charge on any atom is -0.354 e. The second-order valence-electron chi connectivity index (χ2n) is 6.21. The van der Waals surface area contributed by atoms with E-state index in [-0.39, 0.29) is 17.9 Å². The zero-order valence-electron chi connectivity index (χ0n) is 13.8. The molecular formula is C16H31N3O2. The molecule has 0 aromatic carbocycles. The molecular weight excluding hydrogens is 266 g/mol. The van der Waals surface area contributed by atoms with E-state index in [1.54, 1.807) is 0 Å². The third-order valence-corrected chi connectivity index (χ3v) is 3.89. The van der Waals surface area contributed by atoms with Crippen molar-refractivity contribution in [3.63, 3.8) is 0 Å². The van der Waals surface area contributed by atoms with Crippen LogP contribution in [0.25, 0.3) is 0 Å². The highest BCUT2D eigenvalue weighted by Crippen LogP contribution is 2.17. The molecule has 122 valence electrons. The molecule has 2 N–H and O–H groups in total. The third-order valence-electron chi connectivity index (χ3n) is 3.89. The van der Waals surface area contributed by atoms with Gasteiger partial charge in [0, 0.05) is 32.0 Å². The van der Waals surface area contributed by atoms with Crippen LogP contribution in [0.2, 0.25) is 0 Å². The topological polar surface area (TPSA) is 61.4 Å². The Balaban J connectivity index is 2.15. The number of carbonyl (C=O) groups is 2. The minimum atomic E-state index is 0.0437. The predicted molar refractivity (Wildman–Crippen MR) is 85.0 cm³/mol. The van der Waals surface area contributed by atoms with E-state index in [4.69, 9.17) is 0 Å². The normalized spacial score (nSPS) is 16.3. The van der Waals surface area contributed by atoms with Crippen LogP contribution in [0, 0.1) is 5.92 Å². The third kappa shape index (κ3) is 7.46. The average molecular weight is 297 g/mol. The van der Waals surface area contributed by atoms with E-state index in [1.807, 2.05) is 18.7 Å². The summed E-state index contributed by atoms with van der Waals surface area (Å²) in [6, 6.07) is 0.170. The van der Waals surface area contributed by atoms with Crippen molar-refractivity contribution in [1.82, 2.24) is 15.5 Å². The van der Waals surface area contributed by atoms with Crippen LogP contribution in [0.3, 0.4) is 0 Å². The summed E-state index contributed by atoms with van der Waals surface area (Å²) in [4.78, 5) is 25.6. The van der Waals surface area contributed by atoms with E-state index < -0.39 is 0 Å². The first-order valence-electron chi connectivity index (χ1n) is 8.30. The van der Waals surface area contributed by atoms with Gasteiger partial charge in [-0.25, -0.2) is 0 Å². The maximum Gasteiger partial charge on any atom is 0.222 e. The maximum absolute atomic E-state index is 12.1.